The van der Waals surface area contributed by atoms with Crippen molar-refractivity contribution in [2.45, 2.75) is 23.8 Å². The molecule has 1 saturated carbocycles. The summed E-state index contributed by atoms with van der Waals surface area (Å²) in [6.07, 6.45) is 3.26. The first-order valence-corrected chi connectivity index (χ1v) is 10.2. The Balaban J connectivity index is 1.78. The summed E-state index contributed by atoms with van der Waals surface area (Å²) in [5.41, 5.74) is 7.67. The van der Waals surface area contributed by atoms with Crippen LogP contribution < -0.4 is 10.0 Å². The largest absolute Gasteiger partial charge is 0.399 e. The lowest BCUT2D eigenvalue weighted by Gasteiger charge is -2.37. The number of nitrogens with zero attached hydrogens (tertiary/aromatic N) is 2. The summed E-state index contributed by atoms with van der Waals surface area (Å²) in [5.74, 6) is -2.07. The van der Waals surface area contributed by atoms with Gasteiger partial charge in [-0.3, -0.25) is 9.40 Å². The van der Waals surface area contributed by atoms with E-state index >= 15 is 0 Å². The summed E-state index contributed by atoms with van der Waals surface area (Å²) in [6, 6.07) is 7.25. The van der Waals surface area contributed by atoms with Crippen LogP contribution in [0.1, 0.15) is 24.4 Å². The van der Waals surface area contributed by atoms with Crippen LogP contribution in [-0.4, -0.2) is 18.6 Å². The second-order valence-electron chi connectivity index (χ2n) is 7.14. The molecule has 0 saturated heterocycles. The number of rotatable bonds is 3. The summed E-state index contributed by atoms with van der Waals surface area (Å²) in [7, 11) is -4.05. The number of H-pyrrole nitrogens is 1. The zero-order valence-electron chi connectivity index (χ0n) is 14.6. The molecule has 1 aliphatic carbocycles. The van der Waals surface area contributed by atoms with E-state index in [1.54, 1.807) is 6.20 Å². The molecule has 144 valence electrons. The van der Waals surface area contributed by atoms with Gasteiger partial charge in [-0.15, -0.1) is 0 Å². The van der Waals surface area contributed by atoms with Crippen LogP contribution in [0.25, 0.3) is 11.3 Å². The molecule has 1 fully saturated rings. The van der Waals surface area contributed by atoms with E-state index in [-0.39, 0.29) is 22.1 Å². The van der Waals surface area contributed by atoms with Crippen LogP contribution in [-0.2, 0) is 10.0 Å². The van der Waals surface area contributed by atoms with Crippen LogP contribution in [0.4, 0.5) is 20.2 Å². The van der Waals surface area contributed by atoms with Gasteiger partial charge in [-0.05, 0) is 49.1 Å². The van der Waals surface area contributed by atoms with E-state index in [9.17, 15) is 17.2 Å². The number of halogens is 2. The SMILES string of the molecule is Nc1ccc(S(=O)(=O)N2c3cc(F)c(F)cc3-c3[nH]ncc3[C@H]2C2CC2)cc1. The van der Waals surface area contributed by atoms with Crippen molar-refractivity contribution in [2.75, 3.05) is 10.0 Å². The smallest absolute Gasteiger partial charge is 0.264 e. The molecule has 2 heterocycles. The maximum absolute atomic E-state index is 14.1. The molecule has 3 aromatic rings. The molecular formula is C19H16F2N4O2S. The summed E-state index contributed by atoms with van der Waals surface area (Å²) >= 11 is 0. The first kappa shape index (κ1) is 17.2. The first-order valence-electron chi connectivity index (χ1n) is 8.80. The predicted molar refractivity (Wildman–Crippen MR) is 99.9 cm³/mol. The van der Waals surface area contributed by atoms with Gasteiger partial charge >= 0.3 is 0 Å². The van der Waals surface area contributed by atoms with Crippen LogP contribution in [0, 0.1) is 17.6 Å². The molecule has 0 bridgehead atoms. The lowest BCUT2D eigenvalue weighted by Crippen LogP contribution is -2.38. The quantitative estimate of drug-likeness (QED) is 0.655. The minimum absolute atomic E-state index is 0.0370. The molecule has 28 heavy (non-hydrogen) atoms. The Morgan fingerprint density at radius 1 is 1.11 bits per heavy atom. The van der Waals surface area contributed by atoms with Crippen molar-refractivity contribution in [3.63, 3.8) is 0 Å². The molecule has 5 rings (SSSR count). The van der Waals surface area contributed by atoms with Gasteiger partial charge in [-0.1, -0.05) is 0 Å². The molecule has 2 aliphatic rings. The van der Waals surface area contributed by atoms with Gasteiger partial charge in [0.2, 0.25) is 0 Å². The molecule has 9 heteroatoms. The highest BCUT2D eigenvalue weighted by Gasteiger charge is 2.47. The number of sulfonamides is 1. The number of fused-ring (bicyclic) bond motifs is 3. The van der Waals surface area contributed by atoms with Gasteiger partial charge in [0.15, 0.2) is 11.6 Å². The van der Waals surface area contributed by atoms with Crippen molar-refractivity contribution in [1.82, 2.24) is 10.2 Å². The lowest BCUT2D eigenvalue weighted by atomic mass is 9.93. The molecule has 3 N–H and O–H groups in total. The zero-order chi connectivity index (χ0) is 19.6. The number of hydrogen-bond acceptors (Lipinski definition) is 4. The van der Waals surface area contributed by atoms with E-state index in [4.69, 9.17) is 5.73 Å². The van der Waals surface area contributed by atoms with Crippen molar-refractivity contribution in [2.24, 2.45) is 5.92 Å². The van der Waals surface area contributed by atoms with E-state index in [1.165, 1.54) is 28.6 Å². The number of anilines is 2. The van der Waals surface area contributed by atoms with Crippen molar-refractivity contribution in [3.8, 4) is 11.3 Å². The molecular weight excluding hydrogens is 386 g/mol. The van der Waals surface area contributed by atoms with Gasteiger partial charge in [-0.25, -0.2) is 17.2 Å². The van der Waals surface area contributed by atoms with Gasteiger partial charge < -0.3 is 5.73 Å². The van der Waals surface area contributed by atoms with E-state index in [0.29, 0.717) is 16.9 Å². The highest BCUT2D eigenvalue weighted by Crippen LogP contribution is 2.54. The van der Waals surface area contributed by atoms with Gasteiger partial charge in [0.05, 0.1) is 28.5 Å². The number of nitrogen functional groups attached to an aromatic ring is 1. The predicted octanol–water partition coefficient (Wildman–Crippen LogP) is 3.60. The van der Waals surface area contributed by atoms with Crippen molar-refractivity contribution < 1.29 is 17.2 Å². The summed E-state index contributed by atoms with van der Waals surface area (Å²) < 4.78 is 56.5. The van der Waals surface area contributed by atoms with Crippen molar-refractivity contribution in [1.29, 1.82) is 0 Å². The van der Waals surface area contributed by atoms with Crippen LogP contribution in [0.2, 0.25) is 0 Å². The average Bonchev–Trinajstić information content (AvgIpc) is 3.38. The fourth-order valence-corrected chi connectivity index (χ4v) is 5.52. The second kappa shape index (κ2) is 5.78. The van der Waals surface area contributed by atoms with Gasteiger partial charge in [0.1, 0.15) is 0 Å². The average molecular weight is 402 g/mol. The Labute approximate surface area is 160 Å². The molecule has 1 aromatic heterocycles. The van der Waals surface area contributed by atoms with Crippen LogP contribution in [0.15, 0.2) is 47.5 Å². The number of nitrogens with one attached hydrogen (secondary N) is 1. The summed E-state index contributed by atoms with van der Waals surface area (Å²) in [6.45, 7) is 0. The molecule has 0 radical (unpaired) electrons. The Morgan fingerprint density at radius 2 is 1.79 bits per heavy atom. The van der Waals surface area contributed by atoms with Crippen molar-refractivity contribution >= 4 is 21.4 Å². The Bertz CT molecular complexity index is 1190. The third kappa shape index (κ3) is 2.42. The third-order valence-corrected chi connectivity index (χ3v) is 7.10. The Hall–Kier alpha value is -2.94. The zero-order valence-corrected chi connectivity index (χ0v) is 15.4. The number of aromatic nitrogens is 2. The van der Waals surface area contributed by atoms with Gasteiger partial charge in [0, 0.05) is 22.9 Å². The van der Waals surface area contributed by atoms with Crippen LogP contribution in [0.3, 0.4) is 0 Å². The van der Waals surface area contributed by atoms with Crippen LogP contribution in [0.5, 0.6) is 0 Å². The monoisotopic (exact) mass is 402 g/mol. The Morgan fingerprint density at radius 3 is 2.46 bits per heavy atom. The standard InChI is InChI=1S/C19H16F2N4O2S/c20-15-7-13-17(8-16(15)21)25(28(26,27)12-5-3-11(22)4-6-12)19(10-1-2-10)14-9-23-24-18(13)14/h3-10,19H,1-2,22H2,(H,23,24)/t19-/m1/s1. The molecule has 1 atom stereocenters. The fourth-order valence-electron chi connectivity index (χ4n) is 3.82. The number of benzene rings is 2. The highest BCUT2D eigenvalue weighted by molar-refractivity contribution is 7.92. The second-order valence-corrected chi connectivity index (χ2v) is 8.95. The number of hydrogen-bond donors (Lipinski definition) is 2. The van der Waals surface area contributed by atoms with E-state index in [1.807, 2.05) is 0 Å². The molecule has 0 amide bonds. The first-order chi connectivity index (χ1) is 13.4. The number of nitrogens with two attached hydrogens (primary N) is 1. The minimum atomic E-state index is -4.05. The Kier molecular flexibility index (Phi) is 3.54. The maximum atomic E-state index is 14.1. The van der Waals surface area contributed by atoms with E-state index in [2.05, 4.69) is 10.2 Å². The van der Waals surface area contributed by atoms with Crippen molar-refractivity contribution in [3.05, 3.63) is 59.8 Å². The molecule has 6 nitrogen and oxygen atoms in total. The topological polar surface area (TPSA) is 92.1 Å². The van der Waals surface area contributed by atoms with Crippen LogP contribution >= 0.6 is 0 Å². The molecule has 0 unspecified atom stereocenters. The highest BCUT2D eigenvalue weighted by atomic mass is 32.2. The molecule has 2 aromatic carbocycles. The molecule has 1 aliphatic heterocycles. The molecule has 0 spiro atoms. The van der Waals surface area contributed by atoms with E-state index < -0.39 is 27.7 Å². The number of aromatic amines is 1. The van der Waals surface area contributed by atoms with E-state index in [0.717, 1.165) is 25.0 Å². The van der Waals surface area contributed by atoms with Gasteiger partial charge in [-0.2, -0.15) is 5.10 Å². The lowest BCUT2D eigenvalue weighted by molar-refractivity contribution is 0.506. The normalized spacial score (nSPS) is 18.6. The fraction of sp³-hybridized carbons (Fsp3) is 0.211. The summed E-state index contributed by atoms with van der Waals surface area (Å²) in [4.78, 5) is 0.0370. The van der Waals surface area contributed by atoms with Gasteiger partial charge in [0.25, 0.3) is 10.0 Å². The minimum Gasteiger partial charge on any atom is -0.399 e. The summed E-state index contributed by atoms with van der Waals surface area (Å²) in [5, 5.41) is 6.85. The maximum Gasteiger partial charge on any atom is 0.264 e. The third-order valence-electron chi connectivity index (χ3n) is 5.29.